The van der Waals surface area contributed by atoms with Gasteiger partial charge < -0.3 is 10.6 Å². The molecule has 150 valence electrons. The van der Waals surface area contributed by atoms with E-state index in [1.54, 1.807) is 6.20 Å². The molecule has 6 nitrogen and oxygen atoms in total. The van der Waals surface area contributed by atoms with E-state index in [0.717, 1.165) is 22.3 Å². The predicted octanol–water partition coefficient (Wildman–Crippen LogP) is 3.12. The van der Waals surface area contributed by atoms with Crippen molar-refractivity contribution in [2.75, 3.05) is 0 Å². The highest BCUT2D eigenvalue weighted by Gasteiger charge is 2.17. The van der Waals surface area contributed by atoms with Crippen LogP contribution < -0.4 is 10.6 Å². The fourth-order valence-corrected chi connectivity index (χ4v) is 3.17. The average molecular weight is 390 g/mol. The molecule has 0 radical (unpaired) electrons. The largest absolute Gasteiger partial charge is 0.352 e. The first-order chi connectivity index (χ1) is 14.0. The summed E-state index contributed by atoms with van der Waals surface area (Å²) in [5.74, 6) is -0.267. The smallest absolute Gasteiger partial charge is 0.222 e. The maximum atomic E-state index is 12.5. The third kappa shape index (κ3) is 6.31. The maximum Gasteiger partial charge on any atom is 0.222 e. The molecule has 0 aliphatic carbocycles. The number of benzene rings is 2. The molecule has 0 aliphatic heterocycles. The molecule has 1 heterocycles. The lowest BCUT2D eigenvalue weighted by molar-refractivity contribution is -0.122. The molecule has 0 bridgehead atoms. The highest BCUT2D eigenvalue weighted by atomic mass is 16.2. The summed E-state index contributed by atoms with van der Waals surface area (Å²) in [7, 11) is 0. The number of aryl methyl sites for hydroxylation is 1. The molecule has 1 unspecified atom stereocenters. The van der Waals surface area contributed by atoms with Crippen molar-refractivity contribution in [3.8, 4) is 0 Å². The van der Waals surface area contributed by atoms with E-state index in [1.165, 1.54) is 6.92 Å². The van der Waals surface area contributed by atoms with Gasteiger partial charge in [-0.1, -0.05) is 54.1 Å². The average Bonchev–Trinajstić information content (AvgIpc) is 3.19. The zero-order chi connectivity index (χ0) is 20.6. The van der Waals surface area contributed by atoms with Crippen molar-refractivity contribution in [3.63, 3.8) is 0 Å². The molecule has 0 aliphatic rings. The summed E-state index contributed by atoms with van der Waals surface area (Å²) in [4.78, 5) is 24.1. The van der Waals surface area contributed by atoms with Crippen LogP contribution in [0.1, 0.15) is 41.6 Å². The highest BCUT2D eigenvalue weighted by molar-refractivity contribution is 5.79. The second-order valence-electron chi connectivity index (χ2n) is 7.17. The number of hydrogen-bond acceptors (Lipinski definition) is 3. The van der Waals surface area contributed by atoms with Crippen molar-refractivity contribution in [3.05, 3.63) is 89.2 Å². The molecule has 0 saturated carbocycles. The van der Waals surface area contributed by atoms with E-state index in [4.69, 9.17) is 0 Å². The van der Waals surface area contributed by atoms with Gasteiger partial charge in [-0.05, 0) is 29.7 Å². The molecule has 2 N–H and O–H groups in total. The van der Waals surface area contributed by atoms with Crippen LogP contribution in [0.2, 0.25) is 0 Å². The SMILES string of the molecule is CC(=O)NC(CC(=O)NCc1cccc(Cn2cccn2)c1)c1ccc(C)cc1. The van der Waals surface area contributed by atoms with Gasteiger partial charge in [0.25, 0.3) is 0 Å². The zero-order valence-corrected chi connectivity index (χ0v) is 16.8. The third-order valence-electron chi connectivity index (χ3n) is 4.63. The van der Waals surface area contributed by atoms with Gasteiger partial charge in [-0.15, -0.1) is 0 Å². The topological polar surface area (TPSA) is 76.0 Å². The predicted molar refractivity (Wildman–Crippen MR) is 112 cm³/mol. The molecular weight excluding hydrogens is 364 g/mol. The van der Waals surface area contributed by atoms with Gasteiger partial charge in [-0.25, -0.2) is 0 Å². The van der Waals surface area contributed by atoms with Crippen molar-refractivity contribution in [2.45, 2.75) is 39.4 Å². The molecule has 0 spiro atoms. The number of nitrogens with one attached hydrogen (secondary N) is 2. The molecule has 0 saturated heterocycles. The van der Waals surface area contributed by atoms with Crippen LogP contribution in [0, 0.1) is 6.92 Å². The summed E-state index contributed by atoms with van der Waals surface area (Å²) in [6.07, 6.45) is 3.86. The van der Waals surface area contributed by atoms with Crippen LogP contribution in [0.15, 0.2) is 67.0 Å². The highest BCUT2D eigenvalue weighted by Crippen LogP contribution is 2.18. The van der Waals surface area contributed by atoms with E-state index in [9.17, 15) is 9.59 Å². The van der Waals surface area contributed by atoms with Crippen molar-refractivity contribution in [1.82, 2.24) is 20.4 Å². The first-order valence-corrected chi connectivity index (χ1v) is 9.65. The van der Waals surface area contributed by atoms with E-state index >= 15 is 0 Å². The molecule has 6 heteroatoms. The Bertz CT molecular complexity index is 949. The number of aromatic nitrogens is 2. The number of amides is 2. The van der Waals surface area contributed by atoms with E-state index in [1.807, 2.05) is 66.3 Å². The third-order valence-corrected chi connectivity index (χ3v) is 4.63. The monoisotopic (exact) mass is 390 g/mol. The second-order valence-corrected chi connectivity index (χ2v) is 7.17. The van der Waals surface area contributed by atoms with E-state index in [-0.39, 0.29) is 24.3 Å². The lowest BCUT2D eigenvalue weighted by Crippen LogP contribution is -2.32. The summed E-state index contributed by atoms with van der Waals surface area (Å²) in [6, 6.07) is 17.5. The molecular formula is C23H26N4O2. The van der Waals surface area contributed by atoms with Crippen LogP contribution in [0.4, 0.5) is 0 Å². The Hall–Kier alpha value is -3.41. The van der Waals surface area contributed by atoms with Gasteiger partial charge in [0.1, 0.15) is 0 Å². The van der Waals surface area contributed by atoms with Crippen molar-refractivity contribution < 1.29 is 9.59 Å². The maximum absolute atomic E-state index is 12.5. The number of rotatable bonds is 8. The molecule has 3 aromatic rings. The van der Waals surface area contributed by atoms with Crippen molar-refractivity contribution in [1.29, 1.82) is 0 Å². The lowest BCUT2D eigenvalue weighted by Gasteiger charge is -2.18. The summed E-state index contributed by atoms with van der Waals surface area (Å²) in [6.45, 7) is 4.59. The van der Waals surface area contributed by atoms with Crippen molar-refractivity contribution in [2.24, 2.45) is 0 Å². The van der Waals surface area contributed by atoms with Gasteiger partial charge in [0.15, 0.2) is 0 Å². The fourth-order valence-electron chi connectivity index (χ4n) is 3.17. The van der Waals surface area contributed by atoms with E-state index in [2.05, 4.69) is 21.8 Å². The molecule has 2 amide bonds. The first-order valence-electron chi connectivity index (χ1n) is 9.65. The Kier molecular flexibility index (Phi) is 6.79. The Labute approximate surface area is 170 Å². The molecule has 1 aromatic heterocycles. The van der Waals surface area contributed by atoms with Crippen LogP contribution in [-0.2, 0) is 22.7 Å². The summed E-state index contributed by atoms with van der Waals surface area (Å²) in [5.41, 5.74) is 4.20. The van der Waals surface area contributed by atoms with Gasteiger partial charge in [-0.3, -0.25) is 14.3 Å². The Balaban J connectivity index is 1.58. The van der Waals surface area contributed by atoms with Crippen LogP contribution in [0.25, 0.3) is 0 Å². The minimum Gasteiger partial charge on any atom is -0.352 e. The Morgan fingerprint density at radius 2 is 1.83 bits per heavy atom. The first kappa shape index (κ1) is 20.3. The fraction of sp³-hybridized carbons (Fsp3) is 0.261. The van der Waals surface area contributed by atoms with Gasteiger partial charge in [0.2, 0.25) is 11.8 Å². The van der Waals surface area contributed by atoms with Gasteiger partial charge in [0.05, 0.1) is 19.0 Å². The molecule has 3 rings (SSSR count). The second kappa shape index (κ2) is 9.68. The van der Waals surface area contributed by atoms with Gasteiger partial charge in [-0.2, -0.15) is 5.10 Å². The number of carbonyl (C=O) groups is 2. The van der Waals surface area contributed by atoms with Crippen LogP contribution in [0.5, 0.6) is 0 Å². The normalized spacial score (nSPS) is 11.7. The summed E-state index contributed by atoms with van der Waals surface area (Å²) in [5, 5.41) is 10.0. The number of nitrogens with zero attached hydrogens (tertiary/aromatic N) is 2. The summed E-state index contributed by atoms with van der Waals surface area (Å²) < 4.78 is 1.86. The van der Waals surface area contributed by atoms with Gasteiger partial charge >= 0.3 is 0 Å². The van der Waals surface area contributed by atoms with E-state index in [0.29, 0.717) is 13.1 Å². The van der Waals surface area contributed by atoms with Gasteiger partial charge in [0, 0.05) is 25.9 Å². The number of carbonyl (C=O) groups excluding carboxylic acids is 2. The Morgan fingerprint density at radius 1 is 1.07 bits per heavy atom. The standard InChI is InChI=1S/C23H26N4O2/c1-17-7-9-21(10-8-17)22(26-18(2)28)14-23(29)24-15-19-5-3-6-20(13-19)16-27-12-4-11-25-27/h3-13,22H,14-16H2,1-2H3,(H,24,29)(H,26,28). The lowest BCUT2D eigenvalue weighted by atomic mass is 10.0. The molecule has 1 atom stereocenters. The van der Waals surface area contributed by atoms with Crippen LogP contribution >= 0.6 is 0 Å². The summed E-state index contributed by atoms with van der Waals surface area (Å²) >= 11 is 0. The Morgan fingerprint density at radius 3 is 2.52 bits per heavy atom. The van der Waals surface area contributed by atoms with Crippen LogP contribution in [0.3, 0.4) is 0 Å². The number of hydrogen-bond donors (Lipinski definition) is 2. The quantitative estimate of drug-likeness (QED) is 0.620. The molecule has 0 fully saturated rings. The zero-order valence-electron chi connectivity index (χ0n) is 16.8. The minimum atomic E-state index is -0.348. The minimum absolute atomic E-state index is 0.109. The molecule has 29 heavy (non-hydrogen) atoms. The van der Waals surface area contributed by atoms with Crippen molar-refractivity contribution >= 4 is 11.8 Å². The molecule has 2 aromatic carbocycles. The van der Waals surface area contributed by atoms with Crippen LogP contribution in [-0.4, -0.2) is 21.6 Å². The van der Waals surface area contributed by atoms with E-state index < -0.39 is 0 Å².